The van der Waals surface area contributed by atoms with Crippen LogP contribution in [0.4, 0.5) is 0 Å². The van der Waals surface area contributed by atoms with Crippen LogP contribution in [-0.2, 0) is 0 Å². The van der Waals surface area contributed by atoms with Crippen molar-refractivity contribution < 1.29 is 9.47 Å². The van der Waals surface area contributed by atoms with Gasteiger partial charge in [-0.2, -0.15) is 9.50 Å². The number of thiazole rings is 1. The summed E-state index contributed by atoms with van der Waals surface area (Å²) in [5.41, 5.74) is 1.43. The van der Waals surface area contributed by atoms with Gasteiger partial charge in [0.15, 0.2) is 17.3 Å². The number of ether oxygens (including phenoxy) is 2. The minimum absolute atomic E-state index is 0.204. The van der Waals surface area contributed by atoms with Gasteiger partial charge in [0.25, 0.3) is 5.56 Å². The fourth-order valence-electron chi connectivity index (χ4n) is 2.71. The molecule has 0 atom stereocenters. The summed E-state index contributed by atoms with van der Waals surface area (Å²) >= 11 is 1.29. The molecule has 0 bridgehead atoms. The van der Waals surface area contributed by atoms with Crippen molar-refractivity contribution in [3.8, 4) is 22.9 Å². The molecule has 0 fully saturated rings. The number of fused-ring (bicyclic) bond motifs is 1. The molecule has 6 nitrogen and oxygen atoms in total. The highest BCUT2D eigenvalue weighted by atomic mass is 32.1. The van der Waals surface area contributed by atoms with Crippen molar-refractivity contribution in [1.82, 2.24) is 14.6 Å². The van der Waals surface area contributed by atoms with Gasteiger partial charge < -0.3 is 9.47 Å². The molecule has 130 valence electrons. The van der Waals surface area contributed by atoms with E-state index in [1.165, 1.54) is 15.9 Å². The summed E-state index contributed by atoms with van der Waals surface area (Å²) in [7, 11) is 3.15. The van der Waals surface area contributed by atoms with Crippen molar-refractivity contribution in [2.45, 2.75) is 0 Å². The third kappa shape index (κ3) is 2.72. The third-order valence-corrected chi connectivity index (χ3v) is 4.89. The van der Waals surface area contributed by atoms with E-state index in [2.05, 4.69) is 10.1 Å². The van der Waals surface area contributed by atoms with E-state index in [-0.39, 0.29) is 5.56 Å². The minimum atomic E-state index is -0.204. The van der Waals surface area contributed by atoms with Gasteiger partial charge in [-0.3, -0.25) is 4.79 Å². The Kier molecular flexibility index (Phi) is 4.14. The average Bonchev–Trinajstić information content (AvgIpc) is 3.22. The Morgan fingerprint density at radius 3 is 2.54 bits per heavy atom. The van der Waals surface area contributed by atoms with Gasteiger partial charge in [-0.05, 0) is 12.1 Å². The zero-order chi connectivity index (χ0) is 18.1. The Morgan fingerprint density at radius 1 is 1.04 bits per heavy atom. The third-order valence-electron chi connectivity index (χ3n) is 3.93. The van der Waals surface area contributed by atoms with Gasteiger partial charge in [-0.15, -0.1) is 5.10 Å². The first-order valence-electron chi connectivity index (χ1n) is 7.89. The molecule has 4 aromatic rings. The van der Waals surface area contributed by atoms with Gasteiger partial charge >= 0.3 is 0 Å². The first-order chi connectivity index (χ1) is 12.7. The standard InChI is InChI=1S/C19H15N3O3S/c1-24-14-10-6-9-13(16(14)25-2)11-15-18(23)22-19(26-15)20-17(21-22)12-7-4-3-5-8-12/h3-11H,1-2H3/b15-11-. The summed E-state index contributed by atoms with van der Waals surface area (Å²) in [5.74, 6) is 1.73. The number of hydrogen-bond acceptors (Lipinski definition) is 6. The van der Waals surface area contributed by atoms with Gasteiger partial charge in [0.05, 0.1) is 18.8 Å². The fraction of sp³-hybridized carbons (Fsp3) is 0.105. The molecule has 0 aliphatic heterocycles. The normalized spacial score (nSPS) is 11.8. The van der Waals surface area contributed by atoms with Crippen molar-refractivity contribution in [3.05, 3.63) is 69.0 Å². The average molecular weight is 365 g/mol. The molecule has 4 rings (SSSR count). The lowest BCUT2D eigenvalue weighted by Gasteiger charge is -2.09. The topological polar surface area (TPSA) is 65.7 Å². The zero-order valence-corrected chi connectivity index (χ0v) is 15.0. The molecule has 2 heterocycles. The number of aromatic nitrogens is 3. The summed E-state index contributed by atoms with van der Waals surface area (Å²) in [5, 5.41) is 4.35. The van der Waals surface area contributed by atoms with Gasteiger partial charge in [0, 0.05) is 11.1 Å². The van der Waals surface area contributed by atoms with Crippen LogP contribution in [0.2, 0.25) is 0 Å². The van der Waals surface area contributed by atoms with Gasteiger partial charge in [0.2, 0.25) is 4.96 Å². The number of para-hydroxylation sites is 1. The Balaban J connectivity index is 1.84. The second-order valence-electron chi connectivity index (χ2n) is 5.49. The van der Waals surface area contributed by atoms with Crippen molar-refractivity contribution in [3.63, 3.8) is 0 Å². The van der Waals surface area contributed by atoms with Crippen LogP contribution in [0.5, 0.6) is 11.5 Å². The first-order valence-corrected chi connectivity index (χ1v) is 8.70. The maximum atomic E-state index is 12.7. The number of nitrogens with zero attached hydrogens (tertiary/aromatic N) is 3. The van der Waals surface area contributed by atoms with Gasteiger partial charge in [-0.25, -0.2) is 0 Å². The second kappa shape index (κ2) is 6.61. The molecule has 0 amide bonds. The van der Waals surface area contributed by atoms with Crippen molar-refractivity contribution >= 4 is 22.4 Å². The lowest BCUT2D eigenvalue weighted by Crippen LogP contribution is -2.23. The maximum absolute atomic E-state index is 12.7. The quantitative estimate of drug-likeness (QED) is 0.556. The van der Waals surface area contributed by atoms with E-state index in [0.29, 0.717) is 26.8 Å². The van der Waals surface area contributed by atoms with E-state index in [9.17, 15) is 4.79 Å². The zero-order valence-electron chi connectivity index (χ0n) is 14.2. The summed E-state index contributed by atoms with van der Waals surface area (Å²) < 4.78 is 12.6. The van der Waals surface area contributed by atoms with Crippen LogP contribution in [0.15, 0.2) is 53.3 Å². The Labute approximate surface area is 153 Å². The molecule has 0 saturated carbocycles. The Hall–Kier alpha value is -3.19. The molecule has 0 saturated heterocycles. The monoisotopic (exact) mass is 365 g/mol. The maximum Gasteiger partial charge on any atom is 0.291 e. The minimum Gasteiger partial charge on any atom is -0.493 e. The summed E-state index contributed by atoms with van der Waals surface area (Å²) in [6.45, 7) is 0. The predicted molar refractivity (Wildman–Crippen MR) is 101 cm³/mol. The molecule has 7 heteroatoms. The molecule has 0 aliphatic rings. The highest BCUT2D eigenvalue weighted by Gasteiger charge is 2.13. The van der Waals surface area contributed by atoms with Crippen LogP contribution in [0.25, 0.3) is 22.4 Å². The number of methoxy groups -OCH3 is 2. The van der Waals surface area contributed by atoms with Gasteiger partial charge in [0.1, 0.15) is 0 Å². The van der Waals surface area contributed by atoms with E-state index in [4.69, 9.17) is 9.47 Å². The molecule has 26 heavy (non-hydrogen) atoms. The van der Waals surface area contributed by atoms with Crippen molar-refractivity contribution in [2.75, 3.05) is 14.2 Å². The molecular weight excluding hydrogens is 350 g/mol. The lowest BCUT2D eigenvalue weighted by molar-refractivity contribution is 0.354. The molecular formula is C19H15N3O3S. The van der Waals surface area contributed by atoms with E-state index >= 15 is 0 Å². The first kappa shape index (κ1) is 16.3. The Bertz CT molecular complexity index is 1180. The number of rotatable bonds is 4. The smallest absolute Gasteiger partial charge is 0.291 e. The van der Waals surface area contributed by atoms with E-state index in [1.807, 2.05) is 48.5 Å². The van der Waals surface area contributed by atoms with Crippen LogP contribution in [0.3, 0.4) is 0 Å². The molecule has 0 N–H and O–H groups in total. The largest absolute Gasteiger partial charge is 0.493 e. The van der Waals surface area contributed by atoms with Crippen LogP contribution < -0.4 is 19.6 Å². The number of hydrogen-bond donors (Lipinski definition) is 0. The summed E-state index contributed by atoms with van der Waals surface area (Å²) in [4.78, 5) is 17.7. The highest BCUT2D eigenvalue weighted by Crippen LogP contribution is 2.31. The molecule has 2 aromatic carbocycles. The lowest BCUT2D eigenvalue weighted by atomic mass is 10.2. The van der Waals surface area contributed by atoms with Crippen molar-refractivity contribution in [1.29, 1.82) is 0 Å². The van der Waals surface area contributed by atoms with Crippen molar-refractivity contribution in [2.24, 2.45) is 0 Å². The van der Waals surface area contributed by atoms with Crippen LogP contribution in [-0.4, -0.2) is 28.8 Å². The van der Waals surface area contributed by atoms with E-state index in [1.54, 1.807) is 20.3 Å². The van der Waals surface area contributed by atoms with E-state index < -0.39 is 0 Å². The second-order valence-corrected chi connectivity index (χ2v) is 6.50. The molecule has 0 spiro atoms. The van der Waals surface area contributed by atoms with Crippen LogP contribution >= 0.6 is 11.3 Å². The molecule has 0 aliphatic carbocycles. The summed E-state index contributed by atoms with van der Waals surface area (Å²) in [6.07, 6.45) is 1.77. The number of benzene rings is 2. The SMILES string of the molecule is COc1cccc(/C=c2\sc3nc(-c4ccccc4)nn3c2=O)c1OC. The Morgan fingerprint density at radius 2 is 1.85 bits per heavy atom. The molecule has 0 radical (unpaired) electrons. The fourth-order valence-corrected chi connectivity index (χ4v) is 3.61. The van der Waals surface area contributed by atoms with E-state index in [0.717, 1.165) is 11.1 Å². The predicted octanol–water partition coefficient (Wildman–Crippen LogP) is 2.38. The molecule has 0 unspecified atom stereocenters. The highest BCUT2D eigenvalue weighted by molar-refractivity contribution is 7.15. The van der Waals surface area contributed by atoms with Gasteiger partial charge in [-0.1, -0.05) is 53.8 Å². The summed E-state index contributed by atoms with van der Waals surface area (Å²) in [6, 6.07) is 15.1. The van der Waals surface area contributed by atoms with Crippen LogP contribution in [0, 0.1) is 0 Å². The van der Waals surface area contributed by atoms with Crippen LogP contribution in [0.1, 0.15) is 5.56 Å². The molecule has 2 aromatic heterocycles.